The summed E-state index contributed by atoms with van der Waals surface area (Å²) in [6.45, 7) is 2.51. The van der Waals surface area contributed by atoms with Crippen LogP contribution in [-0.2, 0) is 6.54 Å². The molecule has 2 N–H and O–H groups in total. The fourth-order valence-corrected chi connectivity index (χ4v) is 1.94. The molecule has 0 bridgehead atoms. The van der Waals surface area contributed by atoms with Gasteiger partial charge in [-0.25, -0.2) is 9.37 Å². The van der Waals surface area contributed by atoms with Gasteiger partial charge in [-0.3, -0.25) is 0 Å². The number of halogens is 2. The lowest BCUT2D eigenvalue weighted by Crippen LogP contribution is -2.19. The zero-order valence-corrected chi connectivity index (χ0v) is 11.0. The average Bonchev–Trinajstić information content (AvgIpc) is 2.78. The maximum absolute atomic E-state index is 13.7. The third kappa shape index (κ3) is 3.14. The molecule has 2 rings (SSSR count). The van der Waals surface area contributed by atoms with Crippen molar-refractivity contribution in [1.82, 2.24) is 15.3 Å². The van der Waals surface area contributed by atoms with E-state index in [0.717, 1.165) is 10.3 Å². The second-order valence-electron chi connectivity index (χ2n) is 3.80. The molecule has 17 heavy (non-hydrogen) atoms. The Labute approximate surface area is 108 Å². The Morgan fingerprint density at radius 3 is 3.00 bits per heavy atom. The predicted octanol–water partition coefficient (Wildman–Crippen LogP) is 3.16. The highest BCUT2D eigenvalue weighted by Gasteiger charge is 2.10. The second-order valence-corrected chi connectivity index (χ2v) is 4.72. The zero-order chi connectivity index (χ0) is 12.3. The van der Waals surface area contributed by atoms with Gasteiger partial charge in [-0.05, 0) is 19.1 Å². The lowest BCUT2D eigenvalue weighted by molar-refractivity contribution is 0.521. The number of aromatic amines is 1. The predicted molar refractivity (Wildman–Crippen MR) is 67.9 cm³/mol. The minimum absolute atomic E-state index is 0.0619. The first-order valence-corrected chi connectivity index (χ1v) is 6.12. The van der Waals surface area contributed by atoms with Gasteiger partial charge in [-0.1, -0.05) is 22.0 Å². The third-order valence-corrected chi connectivity index (χ3v) is 3.05. The Bertz CT molecular complexity index is 485. The van der Waals surface area contributed by atoms with Gasteiger partial charge in [0.2, 0.25) is 0 Å². The van der Waals surface area contributed by atoms with Gasteiger partial charge in [-0.15, -0.1) is 0 Å². The lowest BCUT2D eigenvalue weighted by atomic mass is 10.1. The van der Waals surface area contributed by atoms with E-state index in [0.29, 0.717) is 12.1 Å². The van der Waals surface area contributed by atoms with Crippen LogP contribution in [-0.4, -0.2) is 9.97 Å². The van der Waals surface area contributed by atoms with Gasteiger partial charge >= 0.3 is 0 Å². The lowest BCUT2D eigenvalue weighted by Gasteiger charge is -2.14. The van der Waals surface area contributed by atoms with Gasteiger partial charge in [-0.2, -0.15) is 0 Å². The van der Waals surface area contributed by atoms with Crippen LogP contribution < -0.4 is 5.32 Å². The van der Waals surface area contributed by atoms with Crippen LogP contribution in [0.3, 0.4) is 0 Å². The number of imidazole rings is 1. The van der Waals surface area contributed by atoms with Gasteiger partial charge < -0.3 is 10.3 Å². The van der Waals surface area contributed by atoms with Gasteiger partial charge in [0.1, 0.15) is 11.6 Å². The van der Waals surface area contributed by atoms with E-state index in [9.17, 15) is 4.39 Å². The van der Waals surface area contributed by atoms with Crippen molar-refractivity contribution in [2.75, 3.05) is 0 Å². The molecule has 0 amide bonds. The maximum atomic E-state index is 13.7. The van der Waals surface area contributed by atoms with Crippen molar-refractivity contribution in [3.63, 3.8) is 0 Å². The Morgan fingerprint density at radius 2 is 2.35 bits per heavy atom. The van der Waals surface area contributed by atoms with Gasteiger partial charge in [0, 0.05) is 28.5 Å². The van der Waals surface area contributed by atoms with Crippen LogP contribution in [0.1, 0.15) is 24.4 Å². The molecule has 0 aliphatic rings. The SMILES string of the molecule is CC(NCc1ncc[nH]1)c1ccc(Br)cc1F. The maximum Gasteiger partial charge on any atom is 0.129 e. The van der Waals surface area contributed by atoms with E-state index >= 15 is 0 Å². The summed E-state index contributed by atoms with van der Waals surface area (Å²) in [6, 6.07) is 5.02. The summed E-state index contributed by atoms with van der Waals surface area (Å²) in [5.74, 6) is 0.633. The third-order valence-electron chi connectivity index (χ3n) is 2.56. The van der Waals surface area contributed by atoms with Crippen LogP contribution in [0.2, 0.25) is 0 Å². The van der Waals surface area contributed by atoms with Crippen LogP contribution in [0, 0.1) is 5.82 Å². The number of nitrogens with zero attached hydrogens (tertiary/aromatic N) is 1. The molecule has 0 aliphatic heterocycles. The Balaban J connectivity index is 2.01. The Morgan fingerprint density at radius 1 is 1.53 bits per heavy atom. The summed E-state index contributed by atoms with van der Waals surface area (Å²) in [5, 5.41) is 3.21. The molecule has 1 heterocycles. The van der Waals surface area contributed by atoms with Crippen LogP contribution in [0.15, 0.2) is 35.1 Å². The molecule has 3 nitrogen and oxygen atoms in total. The van der Waals surface area contributed by atoms with Gasteiger partial charge in [0.15, 0.2) is 0 Å². The number of hydrogen-bond donors (Lipinski definition) is 2. The molecule has 0 saturated heterocycles. The van der Waals surface area contributed by atoms with Gasteiger partial charge in [0.25, 0.3) is 0 Å². The highest BCUT2D eigenvalue weighted by Crippen LogP contribution is 2.20. The first-order chi connectivity index (χ1) is 8.16. The fraction of sp³-hybridized carbons (Fsp3) is 0.250. The molecular weight excluding hydrogens is 285 g/mol. The van der Waals surface area contributed by atoms with Crippen molar-refractivity contribution >= 4 is 15.9 Å². The monoisotopic (exact) mass is 297 g/mol. The van der Waals surface area contributed by atoms with Crippen LogP contribution in [0.4, 0.5) is 4.39 Å². The number of benzene rings is 1. The smallest absolute Gasteiger partial charge is 0.129 e. The summed E-state index contributed by atoms with van der Waals surface area (Å²) < 4.78 is 14.4. The van der Waals surface area contributed by atoms with Crippen molar-refractivity contribution < 1.29 is 4.39 Å². The average molecular weight is 298 g/mol. The van der Waals surface area contributed by atoms with Crippen molar-refractivity contribution in [3.05, 3.63) is 52.3 Å². The quantitative estimate of drug-likeness (QED) is 0.910. The number of H-pyrrole nitrogens is 1. The zero-order valence-electron chi connectivity index (χ0n) is 9.37. The van der Waals surface area contributed by atoms with E-state index in [4.69, 9.17) is 0 Å². The van der Waals surface area contributed by atoms with E-state index in [1.807, 2.05) is 13.0 Å². The second kappa shape index (κ2) is 5.42. The van der Waals surface area contributed by atoms with Crippen LogP contribution >= 0.6 is 15.9 Å². The molecule has 0 aliphatic carbocycles. The molecule has 0 saturated carbocycles. The first-order valence-electron chi connectivity index (χ1n) is 5.33. The summed E-state index contributed by atoms with van der Waals surface area (Å²) in [5.41, 5.74) is 0.653. The molecule has 0 radical (unpaired) electrons. The van der Waals surface area contributed by atoms with Crippen molar-refractivity contribution in [2.24, 2.45) is 0 Å². The van der Waals surface area contributed by atoms with E-state index in [-0.39, 0.29) is 11.9 Å². The van der Waals surface area contributed by atoms with Crippen molar-refractivity contribution in [1.29, 1.82) is 0 Å². The molecule has 90 valence electrons. The molecule has 0 fully saturated rings. The summed E-state index contributed by atoms with van der Waals surface area (Å²) >= 11 is 3.24. The molecule has 1 atom stereocenters. The molecular formula is C12H13BrFN3. The number of aromatic nitrogens is 2. The fourth-order valence-electron chi connectivity index (χ4n) is 1.61. The summed E-state index contributed by atoms with van der Waals surface area (Å²) in [6.07, 6.45) is 3.46. The molecule has 1 aromatic carbocycles. The number of hydrogen-bond acceptors (Lipinski definition) is 2. The topological polar surface area (TPSA) is 40.7 Å². The Kier molecular flexibility index (Phi) is 3.91. The molecule has 5 heteroatoms. The van der Waals surface area contributed by atoms with Crippen molar-refractivity contribution in [3.8, 4) is 0 Å². The van der Waals surface area contributed by atoms with E-state index < -0.39 is 0 Å². The summed E-state index contributed by atoms with van der Waals surface area (Å²) in [4.78, 5) is 7.09. The molecule has 0 spiro atoms. The normalized spacial score (nSPS) is 12.6. The molecule has 2 aromatic rings. The van der Waals surface area contributed by atoms with E-state index in [1.54, 1.807) is 18.5 Å². The van der Waals surface area contributed by atoms with E-state index in [2.05, 4.69) is 31.2 Å². The van der Waals surface area contributed by atoms with Crippen LogP contribution in [0.5, 0.6) is 0 Å². The Hall–Kier alpha value is -1.20. The number of rotatable bonds is 4. The van der Waals surface area contributed by atoms with Gasteiger partial charge in [0.05, 0.1) is 6.54 Å². The molecule has 1 aromatic heterocycles. The molecule has 1 unspecified atom stereocenters. The van der Waals surface area contributed by atoms with E-state index in [1.165, 1.54) is 6.07 Å². The highest BCUT2D eigenvalue weighted by atomic mass is 79.9. The largest absolute Gasteiger partial charge is 0.348 e. The minimum atomic E-state index is -0.209. The first kappa shape index (κ1) is 12.3. The highest BCUT2D eigenvalue weighted by molar-refractivity contribution is 9.10. The number of nitrogens with one attached hydrogen (secondary N) is 2. The van der Waals surface area contributed by atoms with Crippen molar-refractivity contribution in [2.45, 2.75) is 19.5 Å². The van der Waals surface area contributed by atoms with Crippen LogP contribution in [0.25, 0.3) is 0 Å². The standard InChI is InChI=1S/C12H13BrFN3/c1-8(17-7-12-15-4-5-16-12)10-3-2-9(13)6-11(10)14/h2-6,8,17H,7H2,1H3,(H,15,16). The minimum Gasteiger partial charge on any atom is -0.348 e. The summed E-state index contributed by atoms with van der Waals surface area (Å²) in [7, 11) is 0.